The molecule has 0 radical (unpaired) electrons. The van der Waals surface area contributed by atoms with Gasteiger partial charge in [-0.25, -0.2) is 0 Å². The summed E-state index contributed by atoms with van der Waals surface area (Å²) in [4.78, 5) is 1.40. The predicted octanol–water partition coefficient (Wildman–Crippen LogP) is 2.78. The zero-order valence-corrected chi connectivity index (χ0v) is 11.7. The van der Waals surface area contributed by atoms with E-state index in [1.165, 1.54) is 8.66 Å². The van der Waals surface area contributed by atoms with Gasteiger partial charge in [-0.3, -0.25) is 0 Å². The Morgan fingerprint density at radius 1 is 1.47 bits per heavy atom. The van der Waals surface area contributed by atoms with Gasteiger partial charge in [-0.2, -0.15) is 0 Å². The number of hydrogen-bond donors (Lipinski definition) is 1. The lowest BCUT2D eigenvalue weighted by atomic mass is 9.68. The average Bonchev–Trinajstić information content (AvgIpc) is 2.50. The minimum atomic E-state index is 0.0650. The Balaban J connectivity index is 2.38. The summed E-state index contributed by atoms with van der Waals surface area (Å²) in [6.45, 7) is 6.11. The number of rotatable bonds is 3. The molecule has 84 valence electrons. The lowest BCUT2D eigenvalue weighted by molar-refractivity contribution is -0.0971. The Morgan fingerprint density at radius 2 is 2.13 bits per heavy atom. The largest absolute Gasteiger partial charge is 0.379 e. The van der Waals surface area contributed by atoms with Crippen LogP contribution in [0.2, 0.25) is 0 Å². The topological polar surface area (TPSA) is 21.3 Å². The second-order valence-electron chi connectivity index (χ2n) is 4.55. The van der Waals surface area contributed by atoms with Crippen molar-refractivity contribution in [3.63, 3.8) is 0 Å². The first-order valence-corrected chi connectivity index (χ1v) is 6.65. The molecule has 1 aromatic rings. The summed E-state index contributed by atoms with van der Waals surface area (Å²) in [5.41, 5.74) is 0.202. The van der Waals surface area contributed by atoms with Gasteiger partial charge in [0.1, 0.15) is 0 Å². The Hall–Kier alpha value is 0.1000. The molecule has 0 bridgehead atoms. The number of thiophene rings is 1. The van der Waals surface area contributed by atoms with Crippen molar-refractivity contribution in [1.82, 2.24) is 5.32 Å². The SMILES string of the molecule is CNC(C)(C)C1(c2ccc(Br)s2)COC1. The third-order valence-electron chi connectivity index (χ3n) is 3.56. The molecule has 1 aromatic heterocycles. The summed E-state index contributed by atoms with van der Waals surface area (Å²) in [6.07, 6.45) is 0. The van der Waals surface area contributed by atoms with Gasteiger partial charge >= 0.3 is 0 Å². The van der Waals surface area contributed by atoms with E-state index >= 15 is 0 Å². The van der Waals surface area contributed by atoms with Crippen molar-refractivity contribution in [2.45, 2.75) is 24.8 Å². The first-order chi connectivity index (χ1) is 7.02. The third kappa shape index (κ3) is 1.68. The van der Waals surface area contributed by atoms with E-state index in [0.717, 1.165) is 13.2 Å². The highest BCUT2D eigenvalue weighted by molar-refractivity contribution is 9.11. The molecule has 1 N–H and O–H groups in total. The van der Waals surface area contributed by atoms with Crippen LogP contribution in [-0.4, -0.2) is 25.8 Å². The second-order valence-corrected chi connectivity index (χ2v) is 7.02. The number of hydrogen-bond acceptors (Lipinski definition) is 3. The summed E-state index contributed by atoms with van der Waals surface area (Å²) in [7, 11) is 2.02. The van der Waals surface area contributed by atoms with Gasteiger partial charge in [-0.05, 0) is 49.0 Å². The Kier molecular flexibility index (Phi) is 2.97. The fraction of sp³-hybridized carbons (Fsp3) is 0.636. The molecule has 2 rings (SSSR count). The molecular formula is C11H16BrNOS. The van der Waals surface area contributed by atoms with Crippen LogP contribution in [0.1, 0.15) is 18.7 Å². The second kappa shape index (κ2) is 3.84. The van der Waals surface area contributed by atoms with E-state index in [1.54, 1.807) is 0 Å². The van der Waals surface area contributed by atoms with Crippen LogP contribution in [0.4, 0.5) is 0 Å². The third-order valence-corrected chi connectivity index (χ3v) is 5.39. The molecule has 1 aliphatic heterocycles. The molecule has 4 heteroatoms. The van der Waals surface area contributed by atoms with Crippen LogP contribution in [0.25, 0.3) is 0 Å². The normalized spacial score (nSPS) is 20.0. The van der Waals surface area contributed by atoms with Crippen LogP contribution < -0.4 is 5.32 Å². The van der Waals surface area contributed by atoms with Gasteiger partial charge < -0.3 is 10.1 Å². The molecule has 0 amide bonds. The standard InChI is InChI=1S/C11H16BrNOS/c1-10(2,13-3)11(6-14-7-11)8-4-5-9(12)15-8/h4-5,13H,6-7H2,1-3H3. The molecular weight excluding hydrogens is 274 g/mol. The average molecular weight is 290 g/mol. The highest BCUT2D eigenvalue weighted by atomic mass is 79.9. The van der Waals surface area contributed by atoms with Gasteiger partial charge in [-0.1, -0.05) is 0 Å². The molecule has 1 saturated heterocycles. The molecule has 0 unspecified atom stereocenters. The predicted molar refractivity (Wildman–Crippen MR) is 67.7 cm³/mol. The van der Waals surface area contributed by atoms with Crippen molar-refractivity contribution < 1.29 is 4.74 Å². The highest BCUT2D eigenvalue weighted by Gasteiger charge is 2.52. The molecule has 1 aliphatic rings. The Labute approximate surface area is 103 Å². The monoisotopic (exact) mass is 289 g/mol. The number of ether oxygens (including phenoxy) is 1. The Bertz CT molecular complexity index is 357. The first-order valence-electron chi connectivity index (χ1n) is 5.04. The molecule has 2 nitrogen and oxygen atoms in total. The molecule has 0 spiro atoms. The van der Waals surface area contributed by atoms with Gasteiger partial charge in [0.25, 0.3) is 0 Å². The molecule has 15 heavy (non-hydrogen) atoms. The lowest BCUT2D eigenvalue weighted by Gasteiger charge is -2.51. The summed E-state index contributed by atoms with van der Waals surface area (Å²) >= 11 is 5.33. The van der Waals surface area contributed by atoms with E-state index in [9.17, 15) is 0 Å². The summed E-state index contributed by atoms with van der Waals surface area (Å²) in [5, 5.41) is 3.40. The zero-order chi connectivity index (χ0) is 11.1. The first kappa shape index (κ1) is 11.6. The molecule has 0 atom stereocenters. The fourth-order valence-corrected chi connectivity index (χ4v) is 3.63. The van der Waals surface area contributed by atoms with E-state index in [2.05, 4.69) is 47.2 Å². The van der Waals surface area contributed by atoms with Gasteiger partial charge in [0, 0.05) is 10.4 Å². The minimum Gasteiger partial charge on any atom is -0.379 e. The van der Waals surface area contributed by atoms with Crippen LogP contribution in [0.15, 0.2) is 15.9 Å². The van der Waals surface area contributed by atoms with Crippen molar-refractivity contribution in [1.29, 1.82) is 0 Å². The lowest BCUT2D eigenvalue weighted by Crippen LogP contribution is -2.65. The summed E-state index contributed by atoms with van der Waals surface area (Å²) in [5.74, 6) is 0. The van der Waals surface area contributed by atoms with E-state index < -0.39 is 0 Å². The van der Waals surface area contributed by atoms with Crippen LogP contribution >= 0.6 is 27.3 Å². The van der Waals surface area contributed by atoms with Crippen LogP contribution in [0, 0.1) is 0 Å². The van der Waals surface area contributed by atoms with E-state index in [4.69, 9.17) is 4.74 Å². The van der Waals surface area contributed by atoms with Crippen LogP contribution in [0.5, 0.6) is 0 Å². The quantitative estimate of drug-likeness (QED) is 0.924. The number of nitrogens with one attached hydrogen (secondary N) is 1. The van der Waals surface area contributed by atoms with Crippen molar-refractivity contribution in [3.05, 3.63) is 20.8 Å². The van der Waals surface area contributed by atoms with Gasteiger partial charge in [0.15, 0.2) is 0 Å². The maximum atomic E-state index is 5.44. The van der Waals surface area contributed by atoms with E-state index in [1.807, 2.05) is 18.4 Å². The van der Waals surface area contributed by atoms with Crippen molar-refractivity contribution in [2.75, 3.05) is 20.3 Å². The van der Waals surface area contributed by atoms with Crippen LogP contribution in [-0.2, 0) is 10.2 Å². The summed E-state index contributed by atoms with van der Waals surface area (Å²) in [6, 6.07) is 4.32. The van der Waals surface area contributed by atoms with E-state index in [-0.39, 0.29) is 11.0 Å². The zero-order valence-electron chi connectivity index (χ0n) is 9.26. The minimum absolute atomic E-state index is 0.0650. The van der Waals surface area contributed by atoms with Crippen molar-refractivity contribution >= 4 is 27.3 Å². The van der Waals surface area contributed by atoms with Gasteiger partial charge in [0.05, 0.1) is 22.4 Å². The smallest absolute Gasteiger partial charge is 0.0701 e. The van der Waals surface area contributed by atoms with Crippen molar-refractivity contribution in [3.8, 4) is 0 Å². The maximum absolute atomic E-state index is 5.44. The number of halogens is 1. The number of likely N-dealkylation sites (N-methyl/N-ethyl adjacent to an activating group) is 1. The van der Waals surface area contributed by atoms with Crippen LogP contribution in [0.3, 0.4) is 0 Å². The molecule has 1 fully saturated rings. The van der Waals surface area contributed by atoms with Crippen molar-refractivity contribution in [2.24, 2.45) is 0 Å². The molecule has 0 aromatic carbocycles. The van der Waals surface area contributed by atoms with E-state index in [0.29, 0.717) is 0 Å². The molecule has 0 aliphatic carbocycles. The van der Waals surface area contributed by atoms with Gasteiger partial charge in [-0.15, -0.1) is 11.3 Å². The Morgan fingerprint density at radius 3 is 2.47 bits per heavy atom. The molecule has 0 saturated carbocycles. The van der Waals surface area contributed by atoms with Gasteiger partial charge in [0.2, 0.25) is 0 Å². The molecule has 2 heterocycles. The summed E-state index contributed by atoms with van der Waals surface area (Å²) < 4.78 is 6.63. The maximum Gasteiger partial charge on any atom is 0.0701 e. The highest BCUT2D eigenvalue weighted by Crippen LogP contribution is 2.45. The fourth-order valence-electron chi connectivity index (χ4n) is 1.93.